The highest BCUT2D eigenvalue weighted by Crippen LogP contribution is 2.31. The first-order valence-electron chi connectivity index (χ1n) is 10.6. The maximum atomic E-state index is 13.6. The minimum absolute atomic E-state index is 0.0362. The zero-order chi connectivity index (χ0) is 26.8. The first-order chi connectivity index (χ1) is 16.8. The molecule has 3 atom stereocenters. The highest BCUT2D eigenvalue weighted by atomic mass is 35.5. The number of alkyl halides is 3. The molecule has 0 spiro atoms. The fourth-order valence-electron chi connectivity index (χ4n) is 3.40. The molecule has 1 aromatic carbocycles. The van der Waals surface area contributed by atoms with E-state index in [9.17, 15) is 32.3 Å². The summed E-state index contributed by atoms with van der Waals surface area (Å²) in [6.07, 6.45) is -5.72. The van der Waals surface area contributed by atoms with Gasteiger partial charge in [-0.2, -0.15) is 13.2 Å². The highest BCUT2D eigenvalue weighted by molar-refractivity contribution is 6.33. The van der Waals surface area contributed by atoms with Crippen LogP contribution in [0.5, 0.6) is 0 Å². The average molecular weight is 531 g/mol. The molecule has 36 heavy (non-hydrogen) atoms. The Morgan fingerprint density at radius 1 is 1.31 bits per heavy atom. The molecule has 1 fully saturated rings. The molecule has 1 aliphatic rings. The summed E-state index contributed by atoms with van der Waals surface area (Å²) in [7, 11) is 0. The van der Waals surface area contributed by atoms with E-state index in [-0.39, 0.29) is 29.3 Å². The van der Waals surface area contributed by atoms with Crippen LogP contribution >= 0.6 is 11.6 Å². The number of nitrogens with two attached hydrogens (primary N) is 1. The number of anilines is 2. The van der Waals surface area contributed by atoms with Crippen LogP contribution in [0.15, 0.2) is 35.3 Å². The predicted molar refractivity (Wildman–Crippen MR) is 122 cm³/mol. The van der Waals surface area contributed by atoms with Crippen molar-refractivity contribution >= 4 is 40.8 Å². The SMILES string of the molecule is CCO[C@H]1OC(=O)C[C@@H]1NC(=O)C(C)n1cc(C(F)(F)F)cc(NC(=O)c2ccc(N)c(Cl)c2)c1=O. The number of esters is 1. The van der Waals surface area contributed by atoms with Crippen molar-refractivity contribution in [1.29, 1.82) is 0 Å². The van der Waals surface area contributed by atoms with Crippen molar-refractivity contribution in [3.8, 4) is 0 Å². The molecule has 0 aliphatic carbocycles. The second-order valence-electron chi connectivity index (χ2n) is 7.85. The molecule has 3 rings (SSSR count). The van der Waals surface area contributed by atoms with E-state index in [2.05, 4.69) is 10.6 Å². The van der Waals surface area contributed by atoms with Gasteiger partial charge in [-0.05, 0) is 38.1 Å². The van der Waals surface area contributed by atoms with Crippen LogP contribution in [0, 0.1) is 0 Å². The van der Waals surface area contributed by atoms with E-state index in [1.54, 1.807) is 6.92 Å². The summed E-state index contributed by atoms with van der Waals surface area (Å²) in [5.74, 6) is -2.42. The van der Waals surface area contributed by atoms with E-state index in [4.69, 9.17) is 26.8 Å². The fraction of sp³-hybridized carbons (Fsp3) is 0.364. The molecule has 2 aromatic rings. The zero-order valence-electron chi connectivity index (χ0n) is 19.0. The van der Waals surface area contributed by atoms with E-state index < -0.39 is 59.1 Å². The molecule has 14 heteroatoms. The minimum Gasteiger partial charge on any atom is -0.433 e. The van der Waals surface area contributed by atoms with Crippen molar-refractivity contribution < 1.29 is 37.0 Å². The fourth-order valence-corrected chi connectivity index (χ4v) is 3.58. The van der Waals surface area contributed by atoms with Crippen LogP contribution in [-0.4, -0.2) is 41.3 Å². The molecule has 1 unspecified atom stereocenters. The number of amides is 2. The van der Waals surface area contributed by atoms with Crippen molar-refractivity contribution in [3.05, 3.63) is 57.0 Å². The number of hydrogen-bond donors (Lipinski definition) is 3. The lowest BCUT2D eigenvalue weighted by Crippen LogP contribution is -2.45. The summed E-state index contributed by atoms with van der Waals surface area (Å²) in [4.78, 5) is 50.0. The summed E-state index contributed by atoms with van der Waals surface area (Å²) >= 11 is 5.88. The van der Waals surface area contributed by atoms with Gasteiger partial charge in [0.1, 0.15) is 17.8 Å². The van der Waals surface area contributed by atoms with Crippen LogP contribution < -0.4 is 21.9 Å². The van der Waals surface area contributed by atoms with Gasteiger partial charge in [0.15, 0.2) is 0 Å². The molecule has 194 valence electrons. The molecule has 1 aliphatic heterocycles. The van der Waals surface area contributed by atoms with Crippen LogP contribution in [0.3, 0.4) is 0 Å². The summed E-state index contributed by atoms with van der Waals surface area (Å²) in [5, 5.41) is 4.63. The van der Waals surface area contributed by atoms with E-state index >= 15 is 0 Å². The van der Waals surface area contributed by atoms with Gasteiger partial charge < -0.3 is 30.4 Å². The number of ether oxygens (including phenoxy) is 2. The number of halogens is 4. The Kier molecular flexibility index (Phi) is 7.94. The summed E-state index contributed by atoms with van der Waals surface area (Å²) in [6, 6.07) is 1.89. The van der Waals surface area contributed by atoms with Crippen LogP contribution in [-0.2, 0) is 25.2 Å². The molecule has 0 saturated carbocycles. The lowest BCUT2D eigenvalue weighted by atomic mass is 10.1. The summed E-state index contributed by atoms with van der Waals surface area (Å²) in [6.45, 7) is 3.01. The standard InChI is InChI=1S/C22H22ClF3N4O6/c1-3-35-21-16(8-17(31)36-21)29-18(32)10(2)30-9-12(22(24,25)26)7-15(20(30)34)28-19(33)11-4-5-14(27)13(23)6-11/h4-7,9-10,16,21H,3,8,27H2,1-2H3,(H,28,33)(H,29,32)/t10?,16-,21-/m0/s1. The van der Waals surface area contributed by atoms with Crippen molar-refractivity contribution in [2.75, 3.05) is 17.7 Å². The Bertz CT molecular complexity index is 1250. The summed E-state index contributed by atoms with van der Waals surface area (Å²) in [5.41, 5.74) is 2.65. The maximum absolute atomic E-state index is 13.6. The number of carbonyl (C=O) groups is 3. The van der Waals surface area contributed by atoms with Gasteiger partial charge in [-0.3, -0.25) is 19.2 Å². The quantitative estimate of drug-likeness (QED) is 0.369. The first-order valence-corrected chi connectivity index (χ1v) is 11.0. The number of cyclic esters (lactones) is 1. The number of nitrogens with zero attached hydrogens (tertiary/aromatic N) is 1. The second-order valence-corrected chi connectivity index (χ2v) is 8.26. The number of hydrogen-bond acceptors (Lipinski definition) is 7. The Morgan fingerprint density at radius 2 is 2.00 bits per heavy atom. The van der Waals surface area contributed by atoms with Crippen molar-refractivity contribution in [2.45, 2.75) is 44.8 Å². The number of nitrogens with one attached hydrogen (secondary N) is 2. The third kappa shape index (κ3) is 5.97. The number of pyridine rings is 1. The van der Waals surface area contributed by atoms with Crippen LogP contribution in [0.25, 0.3) is 0 Å². The molecular weight excluding hydrogens is 509 g/mol. The third-order valence-corrected chi connectivity index (χ3v) is 5.63. The van der Waals surface area contributed by atoms with Gasteiger partial charge in [-0.25, -0.2) is 0 Å². The molecule has 2 amide bonds. The molecule has 4 N–H and O–H groups in total. The highest BCUT2D eigenvalue weighted by Gasteiger charge is 2.38. The van der Waals surface area contributed by atoms with E-state index in [1.165, 1.54) is 25.1 Å². The van der Waals surface area contributed by atoms with E-state index in [0.717, 1.165) is 0 Å². The number of nitrogen functional groups attached to an aromatic ring is 1. The van der Waals surface area contributed by atoms with Crippen LogP contribution in [0.4, 0.5) is 24.5 Å². The maximum Gasteiger partial charge on any atom is 0.417 e. The molecule has 0 bridgehead atoms. The lowest BCUT2D eigenvalue weighted by Gasteiger charge is -2.22. The van der Waals surface area contributed by atoms with Gasteiger partial charge in [0.2, 0.25) is 12.2 Å². The zero-order valence-corrected chi connectivity index (χ0v) is 19.8. The normalized spacial score (nSPS) is 18.4. The number of rotatable bonds is 7. The second kappa shape index (κ2) is 10.6. The van der Waals surface area contributed by atoms with Crippen molar-refractivity contribution in [2.24, 2.45) is 0 Å². The van der Waals surface area contributed by atoms with Crippen molar-refractivity contribution in [1.82, 2.24) is 9.88 Å². The number of carbonyl (C=O) groups excluding carboxylic acids is 3. The Balaban J connectivity index is 1.92. The predicted octanol–water partition coefficient (Wildman–Crippen LogP) is 2.71. The number of aromatic nitrogens is 1. The minimum atomic E-state index is -4.90. The van der Waals surface area contributed by atoms with Gasteiger partial charge in [0, 0.05) is 18.4 Å². The molecule has 2 heterocycles. The smallest absolute Gasteiger partial charge is 0.417 e. The molecule has 1 aromatic heterocycles. The number of benzene rings is 1. The Labute approximate surface area is 207 Å². The largest absolute Gasteiger partial charge is 0.433 e. The van der Waals surface area contributed by atoms with E-state index in [1.807, 2.05) is 0 Å². The molecule has 1 saturated heterocycles. The van der Waals surface area contributed by atoms with E-state index in [0.29, 0.717) is 16.8 Å². The lowest BCUT2D eigenvalue weighted by molar-refractivity contribution is -0.164. The topological polar surface area (TPSA) is 142 Å². The Morgan fingerprint density at radius 3 is 2.61 bits per heavy atom. The summed E-state index contributed by atoms with van der Waals surface area (Å²) < 4.78 is 51.5. The molecule has 10 nitrogen and oxygen atoms in total. The van der Waals surface area contributed by atoms with Crippen LogP contribution in [0.2, 0.25) is 5.02 Å². The van der Waals surface area contributed by atoms with Crippen LogP contribution in [0.1, 0.15) is 42.2 Å². The Hall–Kier alpha value is -3.58. The van der Waals surface area contributed by atoms with Gasteiger partial charge in [0.05, 0.1) is 22.7 Å². The van der Waals surface area contributed by atoms with Gasteiger partial charge in [0.25, 0.3) is 11.5 Å². The van der Waals surface area contributed by atoms with Gasteiger partial charge in [-0.15, -0.1) is 0 Å². The average Bonchev–Trinajstić information content (AvgIpc) is 3.14. The molecule has 0 radical (unpaired) electrons. The monoisotopic (exact) mass is 530 g/mol. The van der Waals surface area contributed by atoms with Gasteiger partial charge >= 0.3 is 12.1 Å². The third-order valence-electron chi connectivity index (χ3n) is 5.30. The van der Waals surface area contributed by atoms with Gasteiger partial charge in [-0.1, -0.05) is 11.6 Å². The van der Waals surface area contributed by atoms with Crippen molar-refractivity contribution in [3.63, 3.8) is 0 Å². The molecular formula is C22H22ClF3N4O6. The first kappa shape index (κ1) is 27.0.